The van der Waals surface area contributed by atoms with Crippen molar-refractivity contribution in [3.05, 3.63) is 41.6 Å². The Kier molecular flexibility index (Phi) is 3.17. The van der Waals surface area contributed by atoms with E-state index in [2.05, 4.69) is 28.2 Å². The average Bonchev–Trinajstić information content (AvgIpc) is 2.42. The van der Waals surface area contributed by atoms with Crippen LogP contribution >= 0.6 is 0 Å². The van der Waals surface area contributed by atoms with Gasteiger partial charge in [-0.05, 0) is 19.5 Å². The molecule has 1 aliphatic heterocycles. The van der Waals surface area contributed by atoms with E-state index in [0.717, 1.165) is 42.4 Å². The molecule has 1 N–H and O–H groups in total. The van der Waals surface area contributed by atoms with Crippen LogP contribution < -0.4 is 0 Å². The maximum Gasteiger partial charge on any atom is 0.238 e. The van der Waals surface area contributed by atoms with Crippen molar-refractivity contribution in [1.29, 1.82) is 0 Å². The second kappa shape index (κ2) is 4.97. The van der Waals surface area contributed by atoms with Crippen molar-refractivity contribution in [2.45, 2.75) is 12.8 Å². The first-order valence-corrected chi connectivity index (χ1v) is 6.54. The van der Waals surface area contributed by atoms with Gasteiger partial charge in [-0.25, -0.2) is 0 Å². The molecule has 3 rings (SSSR count). The van der Waals surface area contributed by atoms with Gasteiger partial charge in [-0.1, -0.05) is 29.8 Å². The molecule has 0 spiro atoms. The fourth-order valence-corrected chi connectivity index (χ4v) is 2.60. The van der Waals surface area contributed by atoms with E-state index in [4.69, 9.17) is 0 Å². The first kappa shape index (κ1) is 12.1. The summed E-state index contributed by atoms with van der Waals surface area (Å²) in [5.41, 5.74) is 2.31. The summed E-state index contributed by atoms with van der Waals surface area (Å²) in [5, 5.41) is 19.5. The molecular formula is C15H17N3O. The molecule has 0 saturated carbocycles. The number of fused-ring (bicyclic) bond motifs is 1. The molecule has 4 nitrogen and oxygen atoms in total. The predicted molar refractivity (Wildman–Crippen MR) is 75.1 cm³/mol. The highest BCUT2D eigenvalue weighted by atomic mass is 16.3. The van der Waals surface area contributed by atoms with Gasteiger partial charge >= 0.3 is 0 Å². The van der Waals surface area contributed by atoms with Crippen LogP contribution in [0.1, 0.15) is 12.1 Å². The highest BCUT2D eigenvalue weighted by molar-refractivity contribution is 5.88. The van der Waals surface area contributed by atoms with Crippen LogP contribution in [-0.4, -0.2) is 40.3 Å². The van der Waals surface area contributed by atoms with E-state index in [1.807, 2.05) is 24.3 Å². The maximum absolute atomic E-state index is 9.75. The number of benzene rings is 1. The van der Waals surface area contributed by atoms with Gasteiger partial charge in [0.05, 0.1) is 5.69 Å². The quantitative estimate of drug-likeness (QED) is 0.835. The minimum atomic E-state index is 0.00842. The van der Waals surface area contributed by atoms with Gasteiger partial charge in [0.2, 0.25) is 5.88 Å². The van der Waals surface area contributed by atoms with Crippen LogP contribution in [0.15, 0.2) is 35.9 Å². The molecule has 1 aromatic carbocycles. The van der Waals surface area contributed by atoms with Gasteiger partial charge in [0.15, 0.2) is 0 Å². The van der Waals surface area contributed by atoms with Crippen LogP contribution in [0.5, 0.6) is 5.88 Å². The molecule has 0 saturated heterocycles. The van der Waals surface area contributed by atoms with Crippen LogP contribution in [-0.2, 0) is 6.42 Å². The fourth-order valence-electron chi connectivity index (χ4n) is 2.60. The van der Waals surface area contributed by atoms with Crippen LogP contribution in [0.4, 0.5) is 0 Å². The number of aromatic hydroxyl groups is 1. The van der Waals surface area contributed by atoms with Crippen LogP contribution in [0.2, 0.25) is 0 Å². The molecule has 98 valence electrons. The molecular weight excluding hydrogens is 238 g/mol. The molecule has 0 fully saturated rings. The summed E-state index contributed by atoms with van der Waals surface area (Å²) in [7, 11) is 2.13. The zero-order valence-corrected chi connectivity index (χ0v) is 11.0. The smallest absolute Gasteiger partial charge is 0.238 e. The summed E-state index contributed by atoms with van der Waals surface area (Å²) >= 11 is 0. The van der Waals surface area contributed by atoms with Crippen LogP contribution in [0.25, 0.3) is 10.8 Å². The third-order valence-corrected chi connectivity index (χ3v) is 3.56. The van der Waals surface area contributed by atoms with Crippen molar-refractivity contribution in [3.63, 3.8) is 0 Å². The van der Waals surface area contributed by atoms with Gasteiger partial charge in [0, 0.05) is 30.3 Å². The summed E-state index contributed by atoms with van der Waals surface area (Å²) in [6.45, 7) is 2.10. The van der Waals surface area contributed by atoms with Gasteiger partial charge in [0.1, 0.15) is 0 Å². The van der Waals surface area contributed by atoms with Crippen LogP contribution in [0, 0.1) is 0 Å². The van der Waals surface area contributed by atoms with Gasteiger partial charge in [0.25, 0.3) is 0 Å². The Hall–Kier alpha value is -1.94. The number of aromatic nitrogens is 2. The van der Waals surface area contributed by atoms with E-state index >= 15 is 0 Å². The highest BCUT2D eigenvalue weighted by Crippen LogP contribution is 2.25. The van der Waals surface area contributed by atoms with E-state index in [0.29, 0.717) is 0 Å². The molecule has 0 aliphatic carbocycles. The largest absolute Gasteiger partial charge is 0.492 e. The lowest BCUT2D eigenvalue weighted by atomic mass is 10.0. The molecule has 0 radical (unpaired) electrons. The van der Waals surface area contributed by atoms with Gasteiger partial charge < -0.3 is 10.0 Å². The zero-order chi connectivity index (χ0) is 13.2. The minimum absolute atomic E-state index is 0.00842. The number of likely N-dealkylation sites (N-methyl/N-ethyl adjacent to an activating group) is 1. The Balaban J connectivity index is 1.97. The minimum Gasteiger partial charge on any atom is -0.492 e. The number of hydrogen-bond donors (Lipinski definition) is 1. The van der Waals surface area contributed by atoms with Crippen molar-refractivity contribution >= 4 is 10.8 Å². The Labute approximate surface area is 112 Å². The Morgan fingerprint density at radius 2 is 2.00 bits per heavy atom. The first-order chi connectivity index (χ1) is 9.24. The number of hydrogen-bond acceptors (Lipinski definition) is 4. The van der Waals surface area contributed by atoms with Crippen molar-refractivity contribution in [2.75, 3.05) is 20.1 Å². The molecule has 1 aromatic heterocycles. The molecule has 0 bridgehead atoms. The van der Waals surface area contributed by atoms with Gasteiger partial charge in [-0.15, -0.1) is 5.10 Å². The van der Waals surface area contributed by atoms with E-state index in [9.17, 15) is 5.11 Å². The fraction of sp³-hybridized carbons (Fsp3) is 0.333. The third-order valence-electron chi connectivity index (χ3n) is 3.56. The van der Waals surface area contributed by atoms with Crippen molar-refractivity contribution in [1.82, 2.24) is 15.1 Å². The Morgan fingerprint density at radius 1 is 1.21 bits per heavy atom. The summed E-state index contributed by atoms with van der Waals surface area (Å²) in [4.78, 5) is 2.31. The van der Waals surface area contributed by atoms with Crippen molar-refractivity contribution in [3.8, 4) is 5.88 Å². The first-order valence-electron chi connectivity index (χ1n) is 6.54. The van der Waals surface area contributed by atoms with Gasteiger partial charge in [-0.2, -0.15) is 5.10 Å². The second-order valence-corrected chi connectivity index (χ2v) is 5.08. The highest BCUT2D eigenvalue weighted by Gasteiger charge is 2.13. The SMILES string of the molecule is CN1CCC=C(Cc2nnc(O)c3ccccc23)C1. The monoisotopic (exact) mass is 255 g/mol. The Morgan fingerprint density at radius 3 is 2.79 bits per heavy atom. The average molecular weight is 255 g/mol. The molecule has 2 heterocycles. The van der Waals surface area contributed by atoms with Gasteiger partial charge in [-0.3, -0.25) is 0 Å². The molecule has 0 atom stereocenters. The molecule has 2 aromatic rings. The summed E-state index contributed by atoms with van der Waals surface area (Å²) in [5.74, 6) is 0.00842. The lowest BCUT2D eigenvalue weighted by molar-refractivity contribution is 0.352. The molecule has 0 amide bonds. The topological polar surface area (TPSA) is 49.2 Å². The maximum atomic E-state index is 9.75. The van der Waals surface area contributed by atoms with Crippen LogP contribution in [0.3, 0.4) is 0 Å². The molecule has 0 unspecified atom stereocenters. The summed E-state index contributed by atoms with van der Waals surface area (Å²) in [6.07, 6.45) is 4.19. The van der Waals surface area contributed by atoms with E-state index in [1.54, 1.807) is 0 Å². The molecule has 19 heavy (non-hydrogen) atoms. The third kappa shape index (κ3) is 2.44. The summed E-state index contributed by atoms with van der Waals surface area (Å²) < 4.78 is 0. The van der Waals surface area contributed by atoms with E-state index < -0.39 is 0 Å². The Bertz CT molecular complexity index is 636. The van der Waals surface area contributed by atoms with E-state index in [-0.39, 0.29) is 5.88 Å². The van der Waals surface area contributed by atoms with Crippen molar-refractivity contribution < 1.29 is 5.11 Å². The lowest BCUT2D eigenvalue weighted by Gasteiger charge is -2.22. The number of nitrogens with zero attached hydrogens (tertiary/aromatic N) is 3. The van der Waals surface area contributed by atoms with E-state index in [1.165, 1.54) is 5.57 Å². The number of rotatable bonds is 2. The lowest BCUT2D eigenvalue weighted by Crippen LogP contribution is -2.26. The summed E-state index contributed by atoms with van der Waals surface area (Å²) in [6, 6.07) is 7.74. The second-order valence-electron chi connectivity index (χ2n) is 5.08. The predicted octanol–water partition coefficient (Wildman–Crippen LogP) is 2.14. The molecule has 1 aliphatic rings. The standard InChI is InChI=1S/C15H17N3O/c1-18-8-4-5-11(10-18)9-14-12-6-2-3-7-13(12)15(19)17-16-14/h2-3,5-7H,4,8-10H2,1H3,(H,17,19). The molecule has 4 heteroatoms. The zero-order valence-electron chi connectivity index (χ0n) is 11.0. The normalized spacial score (nSPS) is 16.6. The van der Waals surface area contributed by atoms with Crippen molar-refractivity contribution in [2.24, 2.45) is 0 Å².